The fraction of sp³-hybridized carbons (Fsp3) is 0.167. The van der Waals surface area contributed by atoms with Crippen LogP contribution in [0.4, 0.5) is 0 Å². The summed E-state index contributed by atoms with van der Waals surface area (Å²) in [4.78, 5) is 0. The van der Waals surface area contributed by atoms with E-state index in [0.29, 0.717) is 0 Å². The largest absolute Gasteiger partial charge is 0.287 e. The topological polar surface area (TPSA) is 58.1 Å². The van der Waals surface area contributed by atoms with Gasteiger partial charge in [0.25, 0.3) is 11.7 Å². The van der Waals surface area contributed by atoms with Crippen molar-refractivity contribution in [3.05, 3.63) is 106 Å². The molecule has 4 nitrogen and oxygen atoms in total. The van der Waals surface area contributed by atoms with Gasteiger partial charge in [0, 0.05) is 11.1 Å². The van der Waals surface area contributed by atoms with Gasteiger partial charge in [0.15, 0.2) is 0 Å². The monoisotopic (exact) mass is 368 g/mol. The van der Waals surface area contributed by atoms with Gasteiger partial charge in [-0.3, -0.25) is 20.6 Å². The standard InChI is InChI=1S/C24H22N4/c25-23-21-7-3-1-5-19(21)15-27(23)13-17-9-11-18(12-10-17)14-28-16-20-6-2-4-8-22(20)24(28)26/h1-12,25-26H,13-16H2/p+2. The van der Waals surface area contributed by atoms with Gasteiger partial charge in [0.2, 0.25) is 0 Å². The van der Waals surface area contributed by atoms with Crippen LogP contribution in [0.3, 0.4) is 0 Å². The Balaban J connectivity index is 1.30. The van der Waals surface area contributed by atoms with Gasteiger partial charge in [0.05, 0.1) is 11.1 Å². The number of benzene rings is 3. The van der Waals surface area contributed by atoms with Gasteiger partial charge in [-0.25, -0.2) is 0 Å². The van der Waals surface area contributed by atoms with Gasteiger partial charge in [-0.2, -0.15) is 0 Å². The van der Waals surface area contributed by atoms with Crippen molar-refractivity contribution in [3.8, 4) is 0 Å². The molecular weight excluding hydrogens is 344 g/mol. The summed E-state index contributed by atoms with van der Waals surface area (Å²) in [6.45, 7) is 3.40. The molecule has 3 aromatic carbocycles. The van der Waals surface area contributed by atoms with Crippen LogP contribution in [-0.4, -0.2) is 20.8 Å². The molecule has 0 fully saturated rings. The first-order chi connectivity index (χ1) is 13.7. The third-order valence-corrected chi connectivity index (χ3v) is 5.76. The van der Waals surface area contributed by atoms with Crippen molar-refractivity contribution >= 4 is 11.7 Å². The smallest absolute Gasteiger partial charge is 0.275 e. The van der Waals surface area contributed by atoms with Crippen LogP contribution in [0.2, 0.25) is 0 Å². The second-order valence-corrected chi connectivity index (χ2v) is 7.61. The average molecular weight is 368 g/mol. The quantitative estimate of drug-likeness (QED) is 0.696. The Morgan fingerprint density at radius 1 is 0.571 bits per heavy atom. The van der Waals surface area contributed by atoms with E-state index in [9.17, 15) is 0 Å². The molecule has 0 bridgehead atoms. The minimum absolute atomic E-state index is 0.824. The Morgan fingerprint density at radius 3 is 1.36 bits per heavy atom. The molecule has 138 valence electrons. The second-order valence-electron chi connectivity index (χ2n) is 7.61. The highest BCUT2D eigenvalue weighted by molar-refractivity contribution is 5.96. The highest BCUT2D eigenvalue weighted by Crippen LogP contribution is 2.20. The Bertz CT molecular complexity index is 1030. The summed E-state index contributed by atoms with van der Waals surface area (Å²) < 4.78 is 4.48. The number of fused-ring (bicyclic) bond motifs is 2. The Kier molecular flexibility index (Phi) is 3.97. The molecule has 0 unspecified atom stereocenters. The SMILES string of the molecule is NC1=[N+](Cc2ccc(C[N+]3=C(N)c4ccccc4C3)cc2)Cc2ccccc21. The summed E-state index contributed by atoms with van der Waals surface area (Å²) in [7, 11) is 0. The third-order valence-electron chi connectivity index (χ3n) is 5.76. The van der Waals surface area contributed by atoms with Crippen molar-refractivity contribution in [2.45, 2.75) is 26.2 Å². The molecular formula is C24H24N4+2. The van der Waals surface area contributed by atoms with Crippen LogP contribution >= 0.6 is 0 Å². The average Bonchev–Trinajstić information content (AvgIpc) is 3.21. The molecule has 2 aliphatic heterocycles. The molecule has 28 heavy (non-hydrogen) atoms. The maximum absolute atomic E-state index is 6.35. The molecule has 0 saturated heterocycles. The number of amidine groups is 2. The van der Waals surface area contributed by atoms with Crippen LogP contribution in [0, 0.1) is 0 Å². The lowest BCUT2D eigenvalue weighted by Gasteiger charge is -2.07. The van der Waals surface area contributed by atoms with Crippen LogP contribution in [0.25, 0.3) is 0 Å². The molecule has 0 aliphatic carbocycles. The maximum atomic E-state index is 6.35. The number of hydrogen-bond donors (Lipinski definition) is 2. The summed E-state index contributed by atoms with van der Waals surface area (Å²) in [5.74, 6) is 1.74. The maximum Gasteiger partial charge on any atom is 0.275 e. The van der Waals surface area contributed by atoms with Crippen molar-refractivity contribution in [1.82, 2.24) is 0 Å². The first kappa shape index (κ1) is 16.8. The van der Waals surface area contributed by atoms with Gasteiger partial charge in [-0.15, -0.1) is 0 Å². The molecule has 0 aromatic heterocycles. The van der Waals surface area contributed by atoms with Gasteiger partial charge >= 0.3 is 0 Å². The van der Waals surface area contributed by atoms with Crippen LogP contribution in [0.15, 0.2) is 72.8 Å². The molecule has 0 atom stereocenters. The van der Waals surface area contributed by atoms with E-state index in [-0.39, 0.29) is 0 Å². The van der Waals surface area contributed by atoms with E-state index in [1.165, 1.54) is 33.4 Å². The van der Waals surface area contributed by atoms with Gasteiger partial charge < -0.3 is 0 Å². The highest BCUT2D eigenvalue weighted by atomic mass is 15.1. The van der Waals surface area contributed by atoms with Crippen molar-refractivity contribution in [1.29, 1.82) is 0 Å². The Hall–Kier alpha value is -3.40. The minimum atomic E-state index is 0.824. The van der Waals surface area contributed by atoms with Crippen LogP contribution in [0.5, 0.6) is 0 Å². The summed E-state index contributed by atoms with van der Waals surface area (Å²) in [5.41, 5.74) is 20.2. The highest BCUT2D eigenvalue weighted by Gasteiger charge is 2.25. The lowest BCUT2D eigenvalue weighted by molar-refractivity contribution is -0.556. The van der Waals surface area contributed by atoms with Crippen LogP contribution < -0.4 is 11.5 Å². The summed E-state index contributed by atoms with van der Waals surface area (Å²) >= 11 is 0. The second kappa shape index (κ2) is 6.64. The van der Waals surface area contributed by atoms with E-state index in [0.717, 1.165) is 37.9 Å². The van der Waals surface area contributed by atoms with Crippen molar-refractivity contribution in [2.75, 3.05) is 0 Å². The first-order valence-electron chi connectivity index (χ1n) is 9.68. The molecule has 0 radical (unpaired) electrons. The lowest BCUT2D eigenvalue weighted by Crippen LogP contribution is -2.23. The first-order valence-corrected chi connectivity index (χ1v) is 9.68. The predicted molar refractivity (Wildman–Crippen MR) is 111 cm³/mol. The molecule has 2 heterocycles. The van der Waals surface area contributed by atoms with Gasteiger partial charge in [0.1, 0.15) is 26.2 Å². The molecule has 3 aromatic rings. The van der Waals surface area contributed by atoms with E-state index in [1.807, 2.05) is 12.1 Å². The minimum Gasteiger partial charge on any atom is -0.287 e. The number of nitrogens with two attached hydrogens (primary N) is 2. The summed E-state index contributed by atoms with van der Waals surface area (Å²) in [6, 6.07) is 25.5. The Labute approximate surface area is 165 Å². The number of nitrogens with zero attached hydrogens (tertiary/aromatic N) is 2. The summed E-state index contributed by atoms with van der Waals surface area (Å²) in [6.07, 6.45) is 0. The third kappa shape index (κ3) is 2.87. The summed E-state index contributed by atoms with van der Waals surface area (Å²) in [5, 5.41) is 0. The Morgan fingerprint density at radius 2 is 0.964 bits per heavy atom. The predicted octanol–water partition coefficient (Wildman–Crippen LogP) is 2.55. The van der Waals surface area contributed by atoms with E-state index < -0.39 is 0 Å². The normalized spacial score (nSPS) is 15.1. The zero-order valence-electron chi connectivity index (χ0n) is 15.8. The van der Waals surface area contributed by atoms with E-state index in [2.05, 4.69) is 69.8 Å². The van der Waals surface area contributed by atoms with Gasteiger partial charge in [-0.05, 0) is 23.3 Å². The fourth-order valence-corrected chi connectivity index (χ4v) is 4.21. The zero-order valence-corrected chi connectivity index (χ0v) is 15.8. The zero-order chi connectivity index (χ0) is 19.1. The molecule has 4 heteroatoms. The van der Waals surface area contributed by atoms with Crippen LogP contribution in [0.1, 0.15) is 33.4 Å². The molecule has 0 saturated carbocycles. The van der Waals surface area contributed by atoms with E-state index >= 15 is 0 Å². The number of rotatable bonds is 4. The molecule has 0 spiro atoms. The lowest BCUT2D eigenvalue weighted by atomic mass is 10.1. The van der Waals surface area contributed by atoms with Gasteiger partial charge in [-0.1, -0.05) is 60.7 Å². The number of hydrogen-bond acceptors (Lipinski definition) is 2. The van der Waals surface area contributed by atoms with E-state index in [4.69, 9.17) is 11.5 Å². The molecule has 0 amide bonds. The van der Waals surface area contributed by atoms with Crippen LogP contribution in [-0.2, 0) is 26.2 Å². The molecule has 4 N–H and O–H groups in total. The fourth-order valence-electron chi connectivity index (χ4n) is 4.21. The van der Waals surface area contributed by atoms with Crippen molar-refractivity contribution < 1.29 is 9.15 Å². The molecule has 5 rings (SSSR count). The van der Waals surface area contributed by atoms with E-state index in [1.54, 1.807) is 0 Å². The van der Waals surface area contributed by atoms with Crippen molar-refractivity contribution in [2.24, 2.45) is 11.5 Å². The van der Waals surface area contributed by atoms with Crippen molar-refractivity contribution in [3.63, 3.8) is 0 Å². The molecule has 2 aliphatic rings.